The van der Waals surface area contributed by atoms with Crippen molar-refractivity contribution in [1.82, 2.24) is 4.98 Å². The number of benzene rings is 1. The number of rotatable bonds is 5. The number of hydrogen-bond donors (Lipinski definition) is 0. The van der Waals surface area contributed by atoms with Crippen LogP contribution in [0.15, 0.2) is 29.2 Å². The summed E-state index contributed by atoms with van der Waals surface area (Å²) in [7, 11) is -3.67. The first-order valence-electron chi connectivity index (χ1n) is 7.91. The van der Waals surface area contributed by atoms with Gasteiger partial charge in [-0.2, -0.15) is 8.42 Å². The highest BCUT2D eigenvalue weighted by Gasteiger charge is 2.25. The van der Waals surface area contributed by atoms with Gasteiger partial charge in [-0.05, 0) is 50.7 Å². The monoisotopic (exact) mass is 351 g/mol. The van der Waals surface area contributed by atoms with Crippen LogP contribution >= 0.6 is 11.3 Å². The van der Waals surface area contributed by atoms with E-state index in [0.29, 0.717) is 0 Å². The molecule has 1 aromatic heterocycles. The fourth-order valence-electron chi connectivity index (χ4n) is 2.75. The van der Waals surface area contributed by atoms with E-state index < -0.39 is 10.1 Å². The molecule has 0 N–H and O–H groups in total. The van der Waals surface area contributed by atoms with Crippen molar-refractivity contribution in [1.29, 1.82) is 0 Å². The molecule has 0 amide bonds. The number of fused-ring (bicyclic) bond motifs is 1. The lowest BCUT2D eigenvalue weighted by molar-refractivity contribution is 0.240. The van der Waals surface area contributed by atoms with Crippen molar-refractivity contribution in [2.75, 3.05) is 6.61 Å². The van der Waals surface area contributed by atoms with E-state index in [4.69, 9.17) is 4.18 Å². The Hall–Kier alpha value is -1.24. The van der Waals surface area contributed by atoms with Crippen LogP contribution in [0.5, 0.6) is 0 Å². The minimum atomic E-state index is -3.67. The van der Waals surface area contributed by atoms with Gasteiger partial charge in [-0.3, -0.25) is 4.18 Å². The average Bonchev–Trinajstić information content (AvgIpc) is 2.96. The molecule has 1 atom stereocenters. The Balaban J connectivity index is 1.63. The van der Waals surface area contributed by atoms with Gasteiger partial charge in [0.2, 0.25) is 0 Å². The predicted octanol–water partition coefficient (Wildman–Crippen LogP) is 3.52. The Morgan fingerprint density at radius 2 is 2.04 bits per heavy atom. The molecule has 0 saturated heterocycles. The fraction of sp³-hybridized carbons (Fsp3) is 0.471. The molecule has 1 unspecified atom stereocenters. The Morgan fingerprint density at radius 3 is 2.74 bits per heavy atom. The minimum absolute atomic E-state index is 0.227. The fourth-order valence-corrected chi connectivity index (χ4v) is 4.90. The second kappa shape index (κ2) is 6.71. The highest BCUT2D eigenvalue weighted by Crippen LogP contribution is 2.31. The van der Waals surface area contributed by atoms with Gasteiger partial charge in [-0.15, -0.1) is 11.3 Å². The lowest BCUT2D eigenvalue weighted by atomic mass is 9.92. The molecule has 1 aromatic carbocycles. The van der Waals surface area contributed by atoms with Gasteiger partial charge >= 0.3 is 0 Å². The molecule has 3 rings (SSSR count). The third-order valence-corrected chi connectivity index (χ3v) is 6.72. The zero-order valence-corrected chi connectivity index (χ0v) is 15.0. The molecular formula is C17H21NO3S2. The lowest BCUT2D eigenvalue weighted by Crippen LogP contribution is -2.20. The molecular weight excluding hydrogens is 330 g/mol. The van der Waals surface area contributed by atoms with Crippen molar-refractivity contribution < 1.29 is 12.6 Å². The molecule has 6 heteroatoms. The molecule has 2 aromatic rings. The van der Waals surface area contributed by atoms with Gasteiger partial charge in [-0.25, -0.2) is 4.98 Å². The molecule has 1 heterocycles. The van der Waals surface area contributed by atoms with Crippen LogP contribution in [-0.4, -0.2) is 20.0 Å². The van der Waals surface area contributed by atoms with Gasteiger partial charge in [-0.1, -0.05) is 24.6 Å². The zero-order valence-electron chi connectivity index (χ0n) is 13.4. The van der Waals surface area contributed by atoms with E-state index >= 15 is 0 Å². The highest BCUT2D eigenvalue weighted by molar-refractivity contribution is 7.86. The molecule has 0 radical (unpaired) electrons. The summed E-state index contributed by atoms with van der Waals surface area (Å²) >= 11 is 1.75. The molecule has 1 aliphatic rings. The average molecular weight is 351 g/mol. The lowest BCUT2D eigenvalue weighted by Gasteiger charge is -2.20. The third kappa shape index (κ3) is 3.82. The van der Waals surface area contributed by atoms with Gasteiger partial charge in [0.05, 0.1) is 22.2 Å². The summed E-state index contributed by atoms with van der Waals surface area (Å²) in [6.45, 7) is 4.28. The van der Waals surface area contributed by atoms with Crippen LogP contribution in [0.1, 0.15) is 34.5 Å². The van der Waals surface area contributed by atoms with E-state index in [1.54, 1.807) is 35.6 Å². The molecule has 1 aliphatic carbocycles. The van der Waals surface area contributed by atoms with Gasteiger partial charge < -0.3 is 0 Å². The van der Waals surface area contributed by atoms with E-state index in [1.165, 1.54) is 15.6 Å². The van der Waals surface area contributed by atoms with Gasteiger partial charge in [0.25, 0.3) is 10.1 Å². The molecule has 124 valence electrons. The van der Waals surface area contributed by atoms with Crippen LogP contribution in [0.2, 0.25) is 0 Å². The van der Waals surface area contributed by atoms with Crippen LogP contribution in [0, 0.1) is 12.8 Å². The quantitative estimate of drug-likeness (QED) is 0.773. The highest BCUT2D eigenvalue weighted by atomic mass is 32.2. The smallest absolute Gasteiger partial charge is 0.266 e. The molecule has 23 heavy (non-hydrogen) atoms. The van der Waals surface area contributed by atoms with Crippen molar-refractivity contribution >= 4 is 21.5 Å². The third-order valence-electron chi connectivity index (χ3n) is 4.16. The first-order valence-corrected chi connectivity index (χ1v) is 10.1. The van der Waals surface area contributed by atoms with Crippen LogP contribution in [-0.2, 0) is 33.6 Å². The van der Waals surface area contributed by atoms with Crippen molar-refractivity contribution in [2.45, 2.75) is 44.4 Å². The maximum absolute atomic E-state index is 12.3. The zero-order chi connectivity index (χ0) is 16.4. The molecule has 0 spiro atoms. The summed E-state index contributed by atoms with van der Waals surface area (Å²) in [5.41, 5.74) is 2.23. The van der Waals surface area contributed by atoms with Gasteiger partial charge in [0, 0.05) is 4.88 Å². The summed E-state index contributed by atoms with van der Waals surface area (Å²) < 4.78 is 29.8. The number of aromatic nitrogens is 1. The normalized spacial score (nSPS) is 17.9. The summed E-state index contributed by atoms with van der Waals surface area (Å²) in [4.78, 5) is 6.16. The predicted molar refractivity (Wildman–Crippen MR) is 91.3 cm³/mol. The van der Waals surface area contributed by atoms with Crippen LogP contribution in [0.4, 0.5) is 0 Å². The van der Waals surface area contributed by atoms with Crippen LogP contribution in [0.3, 0.4) is 0 Å². The largest absolute Gasteiger partial charge is 0.296 e. The molecule has 0 fully saturated rings. The van der Waals surface area contributed by atoms with Crippen molar-refractivity contribution in [3.05, 3.63) is 45.4 Å². The topological polar surface area (TPSA) is 56.3 Å². The first-order chi connectivity index (χ1) is 11.0. The standard InChI is InChI=1S/C17H21NO3S2/c1-3-17-18-15-9-6-13(10-16(15)22-17)11-21-23(19,20)14-7-4-12(2)5-8-14/h4-5,7-8,13H,3,6,9-11H2,1-2H3. The van der Waals surface area contributed by atoms with E-state index in [0.717, 1.165) is 31.2 Å². The molecule has 0 saturated carbocycles. The second-order valence-corrected chi connectivity index (χ2v) is 8.78. The Bertz CT molecular complexity index is 779. The van der Waals surface area contributed by atoms with Crippen molar-refractivity contribution in [3.63, 3.8) is 0 Å². The Labute approximate surface area is 141 Å². The Morgan fingerprint density at radius 1 is 1.30 bits per heavy atom. The maximum Gasteiger partial charge on any atom is 0.296 e. The number of aryl methyl sites for hydroxylation is 3. The van der Waals surface area contributed by atoms with E-state index in [2.05, 4.69) is 11.9 Å². The van der Waals surface area contributed by atoms with E-state index in [-0.39, 0.29) is 17.4 Å². The molecule has 4 nitrogen and oxygen atoms in total. The summed E-state index contributed by atoms with van der Waals surface area (Å²) in [5.74, 6) is 0.243. The summed E-state index contributed by atoms with van der Waals surface area (Å²) in [6, 6.07) is 6.76. The van der Waals surface area contributed by atoms with Gasteiger partial charge in [0.15, 0.2) is 0 Å². The van der Waals surface area contributed by atoms with E-state index in [9.17, 15) is 8.42 Å². The maximum atomic E-state index is 12.3. The summed E-state index contributed by atoms with van der Waals surface area (Å²) in [6.07, 6.45) is 3.69. The number of thiazole rings is 1. The summed E-state index contributed by atoms with van der Waals surface area (Å²) in [5, 5.41) is 1.17. The minimum Gasteiger partial charge on any atom is -0.266 e. The van der Waals surface area contributed by atoms with Crippen LogP contribution < -0.4 is 0 Å². The first kappa shape index (κ1) is 16.6. The Kier molecular flexibility index (Phi) is 4.85. The van der Waals surface area contributed by atoms with Crippen molar-refractivity contribution in [3.8, 4) is 0 Å². The number of hydrogen-bond acceptors (Lipinski definition) is 5. The van der Waals surface area contributed by atoms with E-state index in [1.807, 2.05) is 6.92 Å². The van der Waals surface area contributed by atoms with Gasteiger partial charge in [0.1, 0.15) is 0 Å². The van der Waals surface area contributed by atoms with Crippen LogP contribution in [0.25, 0.3) is 0 Å². The molecule has 0 bridgehead atoms. The number of nitrogens with zero attached hydrogens (tertiary/aromatic N) is 1. The van der Waals surface area contributed by atoms with Crippen molar-refractivity contribution in [2.24, 2.45) is 5.92 Å². The second-order valence-electron chi connectivity index (χ2n) is 5.99. The SMILES string of the molecule is CCc1nc2c(s1)CC(COS(=O)(=O)c1ccc(C)cc1)CC2. The molecule has 0 aliphatic heterocycles.